The van der Waals surface area contributed by atoms with E-state index in [1.807, 2.05) is 0 Å². The molecule has 0 heterocycles. The van der Waals surface area contributed by atoms with Crippen LogP contribution in [0.25, 0.3) is 0 Å². The van der Waals surface area contributed by atoms with Crippen molar-refractivity contribution >= 4 is 23.3 Å². The average molecular weight is 299 g/mol. The Balaban J connectivity index is 2.20. The topological polar surface area (TPSA) is 83.7 Å². The monoisotopic (exact) mass is 298 g/mol. The molecule has 0 unspecified atom stereocenters. The zero-order valence-corrected chi connectivity index (χ0v) is 11.5. The van der Waals surface area contributed by atoms with Gasteiger partial charge in [0.05, 0.1) is 22.1 Å². The van der Waals surface area contributed by atoms with Gasteiger partial charge in [0, 0.05) is 19.2 Å². The van der Waals surface area contributed by atoms with Gasteiger partial charge in [-0.15, -0.1) is 0 Å². The number of nitro groups is 1. The molecule has 1 saturated carbocycles. The molecule has 0 amide bonds. The summed E-state index contributed by atoms with van der Waals surface area (Å²) in [4.78, 5) is 23.1. The maximum absolute atomic E-state index is 11.0. The molecule has 1 N–H and O–H groups in total. The maximum Gasteiger partial charge on any atom is 0.317 e. The van der Waals surface area contributed by atoms with Crippen LogP contribution in [-0.4, -0.2) is 34.0 Å². The van der Waals surface area contributed by atoms with Gasteiger partial charge in [0.2, 0.25) is 0 Å². The summed E-state index contributed by atoms with van der Waals surface area (Å²) in [5, 5.41) is 20.3. The Labute approximate surface area is 121 Å². The predicted molar refractivity (Wildman–Crippen MR) is 73.7 cm³/mol. The number of hydrogen-bond donors (Lipinski definition) is 1. The normalized spacial score (nSPS) is 14.5. The fourth-order valence-electron chi connectivity index (χ4n) is 2.14. The van der Waals surface area contributed by atoms with E-state index in [-0.39, 0.29) is 18.8 Å². The standard InChI is InChI=1S/C13H15ClN2O4/c14-11-2-1-3-12(16(19)20)10(11)7-15(8-13(17)18)6-9-4-5-9/h1-3,9H,4-8H2,(H,17,18). The third kappa shape index (κ3) is 3.91. The minimum absolute atomic E-state index is 0.0660. The second-order valence-electron chi connectivity index (χ2n) is 5.00. The van der Waals surface area contributed by atoms with E-state index < -0.39 is 10.9 Å². The van der Waals surface area contributed by atoms with E-state index in [1.54, 1.807) is 11.0 Å². The summed E-state index contributed by atoms with van der Waals surface area (Å²) < 4.78 is 0. The molecule has 1 aliphatic carbocycles. The van der Waals surface area contributed by atoms with Gasteiger partial charge in [-0.3, -0.25) is 19.8 Å². The minimum Gasteiger partial charge on any atom is -0.480 e. The summed E-state index contributed by atoms with van der Waals surface area (Å²) in [5.74, 6) is -0.448. The van der Waals surface area contributed by atoms with Crippen LogP contribution in [0.4, 0.5) is 5.69 Å². The van der Waals surface area contributed by atoms with Crippen LogP contribution in [0.1, 0.15) is 18.4 Å². The summed E-state index contributed by atoms with van der Waals surface area (Å²) >= 11 is 6.03. The van der Waals surface area contributed by atoms with Gasteiger partial charge >= 0.3 is 5.97 Å². The van der Waals surface area contributed by atoms with Gasteiger partial charge in [0.15, 0.2) is 0 Å². The Kier molecular flexibility index (Phi) is 4.57. The summed E-state index contributed by atoms with van der Waals surface area (Å²) in [5.41, 5.74) is 0.310. The molecule has 0 bridgehead atoms. The highest BCUT2D eigenvalue weighted by Crippen LogP contribution is 2.32. The first-order valence-corrected chi connectivity index (χ1v) is 6.71. The molecule has 1 fully saturated rings. The number of aliphatic carboxylic acids is 1. The van der Waals surface area contributed by atoms with Crippen LogP contribution in [0.2, 0.25) is 5.02 Å². The van der Waals surface area contributed by atoms with Gasteiger partial charge in [0.1, 0.15) is 0 Å². The van der Waals surface area contributed by atoms with Gasteiger partial charge in [-0.2, -0.15) is 0 Å². The lowest BCUT2D eigenvalue weighted by Gasteiger charge is -2.20. The second kappa shape index (κ2) is 6.19. The molecule has 6 nitrogen and oxygen atoms in total. The van der Waals surface area contributed by atoms with E-state index in [9.17, 15) is 14.9 Å². The number of halogens is 1. The van der Waals surface area contributed by atoms with Crippen molar-refractivity contribution < 1.29 is 14.8 Å². The molecule has 0 saturated heterocycles. The van der Waals surface area contributed by atoms with E-state index in [0.29, 0.717) is 23.0 Å². The average Bonchev–Trinajstić information content (AvgIpc) is 3.14. The molecule has 1 aromatic carbocycles. The molecule has 1 aliphatic rings. The molecule has 2 rings (SSSR count). The number of benzene rings is 1. The molecule has 0 radical (unpaired) electrons. The Morgan fingerprint density at radius 3 is 2.75 bits per heavy atom. The lowest BCUT2D eigenvalue weighted by molar-refractivity contribution is -0.385. The summed E-state index contributed by atoms with van der Waals surface area (Å²) in [7, 11) is 0. The van der Waals surface area contributed by atoms with Crippen molar-refractivity contribution in [3.05, 3.63) is 38.9 Å². The fraction of sp³-hybridized carbons (Fsp3) is 0.462. The van der Waals surface area contributed by atoms with Crippen LogP contribution in [-0.2, 0) is 11.3 Å². The highest BCUT2D eigenvalue weighted by molar-refractivity contribution is 6.31. The minimum atomic E-state index is -0.944. The predicted octanol–water partition coefficient (Wildman–Crippen LogP) is 2.54. The molecule has 0 aliphatic heterocycles. The van der Waals surface area contributed by atoms with Gasteiger partial charge in [0.25, 0.3) is 5.69 Å². The van der Waals surface area contributed by atoms with Gasteiger partial charge in [-0.05, 0) is 24.8 Å². The molecule has 0 spiro atoms. The number of carboxylic acid groups (broad SMARTS) is 1. The first-order chi connectivity index (χ1) is 9.47. The van der Waals surface area contributed by atoms with Crippen LogP contribution in [0.3, 0.4) is 0 Å². The number of rotatable bonds is 7. The highest BCUT2D eigenvalue weighted by atomic mass is 35.5. The Hall–Kier alpha value is -1.66. The lowest BCUT2D eigenvalue weighted by atomic mass is 10.1. The van der Waals surface area contributed by atoms with Crippen molar-refractivity contribution in [2.75, 3.05) is 13.1 Å². The van der Waals surface area contributed by atoms with Gasteiger partial charge < -0.3 is 5.11 Å². The lowest BCUT2D eigenvalue weighted by Crippen LogP contribution is -2.31. The van der Waals surface area contributed by atoms with Crippen LogP contribution >= 0.6 is 11.6 Å². The fourth-order valence-corrected chi connectivity index (χ4v) is 2.37. The van der Waals surface area contributed by atoms with Crippen molar-refractivity contribution in [1.29, 1.82) is 0 Å². The van der Waals surface area contributed by atoms with E-state index in [1.165, 1.54) is 12.1 Å². The molecule has 0 atom stereocenters. The number of carboxylic acids is 1. The zero-order valence-electron chi connectivity index (χ0n) is 10.8. The number of nitro benzene ring substituents is 1. The molecule has 7 heteroatoms. The van der Waals surface area contributed by atoms with Gasteiger partial charge in [-0.25, -0.2) is 0 Å². The first kappa shape index (κ1) is 14.7. The largest absolute Gasteiger partial charge is 0.480 e. The molecular weight excluding hydrogens is 284 g/mol. The van der Waals surface area contributed by atoms with Gasteiger partial charge in [-0.1, -0.05) is 17.7 Å². The number of nitrogens with zero attached hydrogens (tertiary/aromatic N) is 2. The number of carbonyl (C=O) groups is 1. The molecular formula is C13H15ClN2O4. The summed E-state index contributed by atoms with van der Waals surface area (Å²) in [6.45, 7) is 0.673. The molecule has 108 valence electrons. The van der Waals surface area contributed by atoms with E-state index in [2.05, 4.69) is 0 Å². The van der Waals surface area contributed by atoms with Crippen molar-refractivity contribution in [2.45, 2.75) is 19.4 Å². The first-order valence-electron chi connectivity index (χ1n) is 6.33. The van der Waals surface area contributed by atoms with Crippen LogP contribution < -0.4 is 0 Å². The molecule has 0 aromatic heterocycles. The van der Waals surface area contributed by atoms with Crippen molar-refractivity contribution in [1.82, 2.24) is 4.90 Å². The summed E-state index contributed by atoms with van der Waals surface area (Å²) in [6, 6.07) is 4.49. The summed E-state index contributed by atoms with van der Waals surface area (Å²) in [6.07, 6.45) is 2.17. The SMILES string of the molecule is O=C(O)CN(Cc1c(Cl)cccc1[N+](=O)[O-])CC1CC1. The second-order valence-corrected chi connectivity index (χ2v) is 5.41. The van der Waals surface area contributed by atoms with E-state index >= 15 is 0 Å². The molecule has 20 heavy (non-hydrogen) atoms. The van der Waals surface area contributed by atoms with Crippen molar-refractivity contribution in [3.63, 3.8) is 0 Å². The van der Waals surface area contributed by atoms with Crippen molar-refractivity contribution in [3.8, 4) is 0 Å². The van der Waals surface area contributed by atoms with Crippen LogP contribution in [0.5, 0.6) is 0 Å². The Morgan fingerprint density at radius 2 is 2.20 bits per heavy atom. The van der Waals surface area contributed by atoms with E-state index in [0.717, 1.165) is 12.8 Å². The van der Waals surface area contributed by atoms with Crippen LogP contribution in [0.15, 0.2) is 18.2 Å². The Morgan fingerprint density at radius 1 is 1.50 bits per heavy atom. The van der Waals surface area contributed by atoms with E-state index in [4.69, 9.17) is 16.7 Å². The Bertz CT molecular complexity index is 531. The highest BCUT2D eigenvalue weighted by Gasteiger charge is 2.27. The third-order valence-electron chi connectivity index (χ3n) is 3.24. The third-order valence-corrected chi connectivity index (χ3v) is 3.60. The van der Waals surface area contributed by atoms with Crippen molar-refractivity contribution in [2.24, 2.45) is 5.92 Å². The van der Waals surface area contributed by atoms with Crippen LogP contribution in [0, 0.1) is 16.0 Å². The maximum atomic E-state index is 11.0. The quantitative estimate of drug-likeness (QED) is 0.618. The zero-order chi connectivity index (χ0) is 14.7. The smallest absolute Gasteiger partial charge is 0.317 e. The molecule has 1 aromatic rings. The number of hydrogen-bond acceptors (Lipinski definition) is 4.